The second kappa shape index (κ2) is 8.63. The molecular formula is C22H25N5O4. The highest BCUT2D eigenvalue weighted by molar-refractivity contribution is 6.07. The van der Waals surface area contributed by atoms with Gasteiger partial charge in [-0.1, -0.05) is 12.1 Å². The number of amides is 4. The van der Waals surface area contributed by atoms with E-state index in [1.165, 1.54) is 0 Å². The molecule has 0 spiro atoms. The molecule has 1 unspecified atom stereocenters. The molecule has 3 heterocycles. The van der Waals surface area contributed by atoms with Gasteiger partial charge in [-0.25, -0.2) is 4.79 Å². The van der Waals surface area contributed by atoms with Gasteiger partial charge < -0.3 is 19.9 Å². The van der Waals surface area contributed by atoms with Crippen molar-refractivity contribution < 1.29 is 19.1 Å². The summed E-state index contributed by atoms with van der Waals surface area (Å²) in [7, 11) is 1.64. The summed E-state index contributed by atoms with van der Waals surface area (Å²) in [6.07, 6.45) is 1.84. The first kappa shape index (κ1) is 20.6. The fourth-order valence-electron chi connectivity index (χ4n) is 4.07. The average molecular weight is 423 g/mol. The minimum atomic E-state index is -1.32. The van der Waals surface area contributed by atoms with Gasteiger partial charge in [-0.05, 0) is 30.7 Å². The fourth-order valence-corrected chi connectivity index (χ4v) is 4.07. The van der Waals surface area contributed by atoms with Crippen molar-refractivity contribution in [1.29, 1.82) is 0 Å². The number of aromatic nitrogens is 1. The third kappa shape index (κ3) is 4.16. The van der Waals surface area contributed by atoms with Crippen LogP contribution in [0.1, 0.15) is 18.5 Å². The number of methoxy groups -OCH3 is 1. The van der Waals surface area contributed by atoms with Gasteiger partial charge in [0, 0.05) is 50.6 Å². The Balaban J connectivity index is 1.38. The highest BCUT2D eigenvalue weighted by Crippen LogP contribution is 2.29. The number of urea groups is 1. The summed E-state index contributed by atoms with van der Waals surface area (Å²) >= 11 is 0. The zero-order valence-corrected chi connectivity index (χ0v) is 17.3. The van der Waals surface area contributed by atoms with Crippen LogP contribution < -0.4 is 20.3 Å². The second-order valence-corrected chi connectivity index (χ2v) is 7.60. The number of nitrogens with zero attached hydrogens (tertiary/aromatic N) is 3. The first-order valence-corrected chi connectivity index (χ1v) is 10.2. The van der Waals surface area contributed by atoms with Gasteiger partial charge in [0.05, 0.1) is 12.8 Å². The third-order valence-electron chi connectivity index (χ3n) is 5.81. The minimum absolute atomic E-state index is 0.0467. The molecule has 2 saturated heterocycles. The molecule has 0 saturated carbocycles. The van der Waals surface area contributed by atoms with Gasteiger partial charge in [-0.2, -0.15) is 0 Å². The lowest BCUT2D eigenvalue weighted by atomic mass is 9.89. The number of hydrogen-bond acceptors (Lipinski definition) is 6. The highest BCUT2D eigenvalue weighted by Gasteiger charge is 2.48. The normalized spacial score (nSPS) is 20.9. The topological polar surface area (TPSA) is 104 Å². The Bertz CT molecular complexity index is 975. The lowest BCUT2D eigenvalue weighted by Crippen LogP contribution is -2.50. The predicted molar refractivity (Wildman–Crippen MR) is 114 cm³/mol. The Morgan fingerprint density at radius 2 is 1.94 bits per heavy atom. The lowest BCUT2D eigenvalue weighted by Gasteiger charge is -2.36. The van der Waals surface area contributed by atoms with Gasteiger partial charge in [-0.3, -0.25) is 19.9 Å². The molecular weight excluding hydrogens is 398 g/mol. The number of nitrogens with one attached hydrogen (secondary N) is 2. The third-order valence-corrected chi connectivity index (χ3v) is 5.81. The number of anilines is 1. The first-order valence-electron chi connectivity index (χ1n) is 10.2. The SMILES string of the molecule is COc1cccc(N2CCN(C(=O)CCC3(c4ccccn4)NC(=O)NC3=O)CC2)c1. The molecule has 2 aliphatic rings. The van der Waals surface area contributed by atoms with E-state index in [1.54, 1.807) is 36.4 Å². The maximum Gasteiger partial charge on any atom is 0.322 e. The Hall–Kier alpha value is -3.62. The quantitative estimate of drug-likeness (QED) is 0.678. The molecule has 1 aromatic heterocycles. The molecule has 1 aromatic carbocycles. The molecule has 0 bridgehead atoms. The van der Waals surface area contributed by atoms with Crippen molar-refractivity contribution >= 4 is 23.5 Å². The maximum absolute atomic E-state index is 12.9. The maximum atomic E-state index is 12.9. The number of carbonyl (C=O) groups is 3. The van der Waals surface area contributed by atoms with Crippen molar-refractivity contribution in [2.45, 2.75) is 18.4 Å². The molecule has 0 radical (unpaired) electrons. The molecule has 0 aliphatic carbocycles. The first-order chi connectivity index (χ1) is 15.0. The van der Waals surface area contributed by atoms with Crippen LogP contribution in [-0.2, 0) is 15.1 Å². The summed E-state index contributed by atoms with van der Waals surface area (Å²) in [5, 5.41) is 4.95. The number of carbonyl (C=O) groups excluding carboxylic acids is 3. The summed E-state index contributed by atoms with van der Waals surface area (Å²) in [6.45, 7) is 2.60. The number of rotatable bonds is 6. The minimum Gasteiger partial charge on any atom is -0.497 e. The van der Waals surface area contributed by atoms with Crippen molar-refractivity contribution in [2.24, 2.45) is 0 Å². The summed E-state index contributed by atoms with van der Waals surface area (Å²) in [5.41, 5.74) is 0.163. The Labute approximate surface area is 180 Å². The summed E-state index contributed by atoms with van der Waals surface area (Å²) in [4.78, 5) is 45.5. The van der Waals surface area contributed by atoms with Crippen LogP contribution >= 0.6 is 0 Å². The van der Waals surface area contributed by atoms with E-state index in [0.29, 0.717) is 31.9 Å². The van der Waals surface area contributed by atoms with Crippen LogP contribution in [0.2, 0.25) is 0 Å². The predicted octanol–water partition coefficient (Wildman–Crippen LogP) is 1.25. The van der Waals surface area contributed by atoms with Crippen molar-refractivity contribution in [2.75, 3.05) is 38.2 Å². The molecule has 9 nitrogen and oxygen atoms in total. The number of benzene rings is 1. The molecule has 2 aliphatic heterocycles. The van der Waals surface area contributed by atoms with Crippen molar-refractivity contribution in [3.05, 3.63) is 54.4 Å². The van der Waals surface area contributed by atoms with E-state index in [-0.39, 0.29) is 18.7 Å². The van der Waals surface area contributed by atoms with E-state index in [0.717, 1.165) is 11.4 Å². The molecule has 4 rings (SSSR count). The van der Waals surface area contributed by atoms with Crippen LogP contribution in [-0.4, -0.2) is 61.0 Å². The van der Waals surface area contributed by atoms with E-state index in [4.69, 9.17) is 4.74 Å². The molecule has 4 amide bonds. The van der Waals surface area contributed by atoms with Gasteiger partial charge >= 0.3 is 6.03 Å². The molecule has 9 heteroatoms. The molecule has 2 aromatic rings. The lowest BCUT2D eigenvalue weighted by molar-refractivity contribution is -0.132. The fraction of sp³-hybridized carbons (Fsp3) is 0.364. The second-order valence-electron chi connectivity index (χ2n) is 7.60. The molecule has 1 atom stereocenters. The zero-order valence-electron chi connectivity index (χ0n) is 17.3. The van der Waals surface area contributed by atoms with Gasteiger partial charge in [0.15, 0.2) is 5.54 Å². The Morgan fingerprint density at radius 1 is 1.13 bits per heavy atom. The Kier molecular flexibility index (Phi) is 5.75. The monoisotopic (exact) mass is 423 g/mol. The van der Waals surface area contributed by atoms with E-state index < -0.39 is 17.5 Å². The van der Waals surface area contributed by atoms with E-state index in [9.17, 15) is 14.4 Å². The van der Waals surface area contributed by atoms with Crippen LogP contribution in [0.4, 0.5) is 10.5 Å². The largest absolute Gasteiger partial charge is 0.497 e. The Morgan fingerprint density at radius 3 is 2.58 bits per heavy atom. The molecule has 2 N–H and O–H groups in total. The average Bonchev–Trinajstić information content (AvgIpc) is 3.12. The standard InChI is InChI=1S/C22H25N5O4/c1-31-17-6-4-5-16(15-17)26-11-13-27(14-12-26)19(28)8-9-22(18-7-2-3-10-23-18)20(29)24-21(30)25-22/h2-7,10,15H,8-9,11-14H2,1H3,(H2,24,25,29,30). The van der Waals surface area contributed by atoms with Crippen LogP contribution in [0.5, 0.6) is 5.75 Å². The summed E-state index contributed by atoms with van der Waals surface area (Å²) < 4.78 is 5.29. The van der Waals surface area contributed by atoms with E-state index in [2.05, 4.69) is 20.5 Å². The van der Waals surface area contributed by atoms with E-state index >= 15 is 0 Å². The number of imide groups is 1. The van der Waals surface area contributed by atoms with Crippen molar-refractivity contribution in [3.63, 3.8) is 0 Å². The number of ether oxygens (including phenoxy) is 1. The molecule has 2 fully saturated rings. The number of hydrogen-bond donors (Lipinski definition) is 2. The van der Waals surface area contributed by atoms with Crippen LogP contribution in [0.25, 0.3) is 0 Å². The number of piperazine rings is 1. The van der Waals surface area contributed by atoms with Crippen LogP contribution in [0.3, 0.4) is 0 Å². The smallest absolute Gasteiger partial charge is 0.322 e. The van der Waals surface area contributed by atoms with Crippen molar-refractivity contribution in [3.8, 4) is 5.75 Å². The van der Waals surface area contributed by atoms with Crippen LogP contribution in [0, 0.1) is 0 Å². The molecule has 31 heavy (non-hydrogen) atoms. The number of pyridine rings is 1. The highest BCUT2D eigenvalue weighted by atomic mass is 16.5. The van der Waals surface area contributed by atoms with E-state index in [1.807, 2.05) is 24.3 Å². The van der Waals surface area contributed by atoms with Gasteiger partial charge in [-0.15, -0.1) is 0 Å². The van der Waals surface area contributed by atoms with Gasteiger partial charge in [0.1, 0.15) is 5.75 Å². The molecule has 162 valence electrons. The summed E-state index contributed by atoms with van der Waals surface area (Å²) in [6, 6.07) is 12.5. The van der Waals surface area contributed by atoms with Crippen LogP contribution in [0.15, 0.2) is 48.7 Å². The zero-order chi connectivity index (χ0) is 21.8. The summed E-state index contributed by atoms with van der Waals surface area (Å²) in [5.74, 6) is 0.272. The van der Waals surface area contributed by atoms with Gasteiger partial charge in [0.25, 0.3) is 5.91 Å². The van der Waals surface area contributed by atoms with Gasteiger partial charge in [0.2, 0.25) is 5.91 Å². The van der Waals surface area contributed by atoms with Crippen molar-refractivity contribution in [1.82, 2.24) is 20.5 Å².